The van der Waals surface area contributed by atoms with Crippen LogP contribution in [0, 0.1) is 0 Å². The van der Waals surface area contributed by atoms with E-state index < -0.39 is 36.3 Å². The van der Waals surface area contributed by atoms with Gasteiger partial charge in [-0.1, -0.05) is 18.2 Å². The summed E-state index contributed by atoms with van der Waals surface area (Å²) in [6.07, 6.45) is 0. The molecule has 0 bridgehead atoms. The highest BCUT2D eigenvalue weighted by molar-refractivity contribution is 6.21. The molecule has 0 aromatic heterocycles. The Morgan fingerprint density at radius 1 is 1.00 bits per heavy atom. The van der Waals surface area contributed by atoms with Crippen molar-refractivity contribution >= 4 is 29.7 Å². The summed E-state index contributed by atoms with van der Waals surface area (Å²) in [6.45, 7) is 1.27. The van der Waals surface area contributed by atoms with Gasteiger partial charge in [0, 0.05) is 7.05 Å². The van der Waals surface area contributed by atoms with Crippen molar-refractivity contribution in [3.8, 4) is 5.75 Å². The second kappa shape index (κ2) is 9.73. The number of amides is 5. The highest BCUT2D eigenvalue weighted by Gasteiger charge is 2.35. The van der Waals surface area contributed by atoms with Gasteiger partial charge >= 0.3 is 12.0 Å². The zero-order chi connectivity index (χ0) is 23.3. The summed E-state index contributed by atoms with van der Waals surface area (Å²) in [5.74, 6) is -2.29. The van der Waals surface area contributed by atoms with E-state index in [9.17, 15) is 24.0 Å². The molecule has 0 fully saturated rings. The highest BCUT2D eigenvalue weighted by Crippen LogP contribution is 2.27. The Kier molecular flexibility index (Phi) is 6.83. The van der Waals surface area contributed by atoms with Crippen LogP contribution in [0.2, 0.25) is 0 Å². The van der Waals surface area contributed by atoms with Crippen LogP contribution >= 0.6 is 0 Å². The van der Waals surface area contributed by atoms with Crippen molar-refractivity contribution in [2.24, 2.45) is 0 Å². The fourth-order valence-electron chi connectivity index (χ4n) is 3.12. The summed E-state index contributed by atoms with van der Waals surface area (Å²) in [5.41, 5.74) is 1.16. The summed E-state index contributed by atoms with van der Waals surface area (Å²) < 4.78 is 10.4. The lowest BCUT2D eigenvalue weighted by Crippen LogP contribution is -2.39. The first kappa shape index (κ1) is 22.5. The number of urea groups is 1. The van der Waals surface area contributed by atoms with Crippen LogP contribution in [0.3, 0.4) is 0 Å². The van der Waals surface area contributed by atoms with E-state index in [1.54, 1.807) is 37.3 Å². The third-order valence-corrected chi connectivity index (χ3v) is 4.60. The quantitative estimate of drug-likeness (QED) is 0.494. The first-order valence-electron chi connectivity index (χ1n) is 9.75. The summed E-state index contributed by atoms with van der Waals surface area (Å²) in [4.78, 5) is 61.7. The predicted octanol–water partition coefficient (Wildman–Crippen LogP) is 1.49. The average Bonchev–Trinajstić information content (AvgIpc) is 3.03. The second-order valence-electron chi connectivity index (χ2n) is 6.71. The summed E-state index contributed by atoms with van der Waals surface area (Å²) in [6, 6.07) is 10.4. The number of esters is 1. The summed E-state index contributed by atoms with van der Waals surface area (Å²) >= 11 is 0. The maximum absolute atomic E-state index is 12.6. The monoisotopic (exact) mass is 439 g/mol. The van der Waals surface area contributed by atoms with Gasteiger partial charge in [0.1, 0.15) is 11.3 Å². The molecule has 0 aliphatic carbocycles. The molecule has 1 heterocycles. The molecule has 1 aliphatic heterocycles. The van der Waals surface area contributed by atoms with E-state index in [0.29, 0.717) is 16.7 Å². The molecule has 1 aliphatic rings. The number of nitrogens with zero attached hydrogens (tertiary/aromatic N) is 1. The van der Waals surface area contributed by atoms with Crippen LogP contribution in [0.5, 0.6) is 5.75 Å². The minimum Gasteiger partial charge on any atom is -0.493 e. The van der Waals surface area contributed by atoms with E-state index in [0.717, 1.165) is 4.90 Å². The average molecular weight is 439 g/mol. The SMILES string of the molecule is CCOc1ccc(CN2C(=O)c3ccccc3C2=O)cc1C(=O)OCC(=O)NC(=O)NC. The molecule has 2 aromatic rings. The Morgan fingerprint density at radius 3 is 2.25 bits per heavy atom. The normalized spacial score (nSPS) is 12.2. The van der Waals surface area contributed by atoms with Crippen molar-refractivity contribution in [2.45, 2.75) is 13.5 Å². The molecule has 0 radical (unpaired) electrons. The number of carbonyl (C=O) groups is 5. The summed E-state index contributed by atoms with van der Waals surface area (Å²) in [5, 5.41) is 4.18. The van der Waals surface area contributed by atoms with Crippen LogP contribution < -0.4 is 15.4 Å². The van der Waals surface area contributed by atoms with Crippen molar-refractivity contribution in [1.82, 2.24) is 15.5 Å². The van der Waals surface area contributed by atoms with Gasteiger partial charge in [-0.15, -0.1) is 0 Å². The van der Waals surface area contributed by atoms with Gasteiger partial charge in [-0.05, 0) is 36.8 Å². The fourth-order valence-corrected chi connectivity index (χ4v) is 3.12. The van der Waals surface area contributed by atoms with Crippen LogP contribution in [0.25, 0.3) is 0 Å². The lowest BCUT2D eigenvalue weighted by atomic mass is 10.1. The van der Waals surface area contributed by atoms with Gasteiger partial charge in [0.2, 0.25) is 0 Å². The van der Waals surface area contributed by atoms with Crippen LogP contribution in [-0.2, 0) is 16.1 Å². The smallest absolute Gasteiger partial charge is 0.342 e. The zero-order valence-electron chi connectivity index (χ0n) is 17.5. The topological polar surface area (TPSA) is 131 Å². The molecule has 166 valence electrons. The number of carbonyl (C=O) groups excluding carboxylic acids is 5. The number of fused-ring (bicyclic) bond motifs is 1. The standard InChI is InChI=1S/C22H21N3O7/c1-3-31-17-9-8-13(10-16(17)21(29)32-12-18(26)24-22(30)23-2)11-25-19(27)14-6-4-5-7-15(14)20(25)28/h4-10H,3,11-12H2,1-2H3,(H2,23,24,26,30). The van der Waals surface area contributed by atoms with Crippen LogP contribution in [0.15, 0.2) is 42.5 Å². The van der Waals surface area contributed by atoms with Crippen LogP contribution in [0.1, 0.15) is 43.6 Å². The maximum Gasteiger partial charge on any atom is 0.342 e. The number of imide groups is 2. The van der Waals surface area contributed by atoms with Gasteiger partial charge in [0.25, 0.3) is 17.7 Å². The number of hydrogen-bond donors (Lipinski definition) is 2. The van der Waals surface area contributed by atoms with Crippen LogP contribution in [0.4, 0.5) is 4.79 Å². The first-order chi connectivity index (χ1) is 15.3. The molecule has 10 nitrogen and oxygen atoms in total. The molecular formula is C22H21N3O7. The lowest BCUT2D eigenvalue weighted by molar-refractivity contribution is -0.123. The van der Waals surface area contributed by atoms with E-state index in [1.807, 2.05) is 5.32 Å². The molecule has 0 spiro atoms. The van der Waals surface area contributed by atoms with Crippen molar-refractivity contribution in [2.75, 3.05) is 20.3 Å². The molecule has 5 amide bonds. The molecule has 0 atom stereocenters. The van der Waals surface area contributed by atoms with E-state index in [-0.39, 0.29) is 24.5 Å². The van der Waals surface area contributed by atoms with Gasteiger partial charge in [-0.3, -0.25) is 24.6 Å². The zero-order valence-corrected chi connectivity index (χ0v) is 17.5. The van der Waals surface area contributed by atoms with E-state index >= 15 is 0 Å². The van der Waals surface area contributed by atoms with Crippen molar-refractivity contribution in [3.05, 3.63) is 64.7 Å². The Balaban J connectivity index is 1.77. The molecular weight excluding hydrogens is 418 g/mol. The van der Waals surface area contributed by atoms with Crippen molar-refractivity contribution in [1.29, 1.82) is 0 Å². The first-order valence-corrected chi connectivity index (χ1v) is 9.75. The molecule has 0 saturated carbocycles. The molecule has 0 unspecified atom stereocenters. The van der Waals surface area contributed by atoms with E-state index in [4.69, 9.17) is 9.47 Å². The second-order valence-corrected chi connectivity index (χ2v) is 6.71. The number of rotatable bonds is 7. The van der Waals surface area contributed by atoms with Gasteiger partial charge in [-0.25, -0.2) is 9.59 Å². The number of nitrogens with one attached hydrogen (secondary N) is 2. The molecule has 32 heavy (non-hydrogen) atoms. The Labute approximate surface area is 183 Å². The molecule has 2 N–H and O–H groups in total. The van der Waals surface area contributed by atoms with E-state index in [1.165, 1.54) is 19.2 Å². The molecule has 0 saturated heterocycles. The van der Waals surface area contributed by atoms with Gasteiger partial charge in [-0.2, -0.15) is 0 Å². The molecule has 3 rings (SSSR count). The number of ether oxygens (including phenoxy) is 2. The highest BCUT2D eigenvalue weighted by atomic mass is 16.5. The van der Waals surface area contributed by atoms with Gasteiger partial charge in [0.05, 0.1) is 24.3 Å². The third kappa shape index (κ3) is 4.75. The minimum absolute atomic E-state index is 0.0219. The summed E-state index contributed by atoms with van der Waals surface area (Å²) in [7, 11) is 1.34. The van der Waals surface area contributed by atoms with E-state index in [2.05, 4.69) is 5.32 Å². The Bertz CT molecular complexity index is 1060. The molecule has 2 aromatic carbocycles. The van der Waals surface area contributed by atoms with Crippen molar-refractivity contribution < 1.29 is 33.4 Å². The van der Waals surface area contributed by atoms with Crippen molar-refractivity contribution in [3.63, 3.8) is 0 Å². The number of hydrogen-bond acceptors (Lipinski definition) is 7. The third-order valence-electron chi connectivity index (χ3n) is 4.60. The maximum atomic E-state index is 12.6. The predicted molar refractivity (Wildman–Crippen MR) is 111 cm³/mol. The van der Waals surface area contributed by atoms with Crippen LogP contribution in [-0.4, -0.2) is 54.9 Å². The minimum atomic E-state index is -0.857. The Hall–Kier alpha value is -4.21. The fraction of sp³-hybridized carbons (Fsp3) is 0.227. The lowest BCUT2D eigenvalue weighted by Gasteiger charge is -2.16. The number of benzene rings is 2. The largest absolute Gasteiger partial charge is 0.493 e. The van der Waals surface area contributed by atoms with Gasteiger partial charge < -0.3 is 14.8 Å². The molecule has 10 heteroatoms. The Morgan fingerprint density at radius 2 is 1.66 bits per heavy atom. The van der Waals surface area contributed by atoms with Gasteiger partial charge in [0.15, 0.2) is 6.61 Å².